The van der Waals surface area contributed by atoms with Crippen LogP contribution in [-0.4, -0.2) is 47.1 Å². The first-order valence-corrected chi connectivity index (χ1v) is 10.1. The number of fused-ring (bicyclic) bond motifs is 2. The predicted octanol–water partition coefficient (Wildman–Crippen LogP) is 3.96. The van der Waals surface area contributed by atoms with Crippen molar-refractivity contribution in [3.05, 3.63) is 54.0 Å². The molecule has 2 heterocycles. The molecular weight excluding hydrogens is 392 g/mol. The van der Waals surface area contributed by atoms with Crippen molar-refractivity contribution in [2.45, 2.75) is 11.3 Å². The Bertz CT molecular complexity index is 1040. The molecule has 0 bridgehead atoms. The summed E-state index contributed by atoms with van der Waals surface area (Å²) in [6, 6.07) is 13.0. The molecule has 2 N–H and O–H groups in total. The van der Waals surface area contributed by atoms with E-state index in [9.17, 15) is 9.90 Å². The minimum atomic E-state index is -0.652. The number of aliphatic hydroxyl groups excluding tert-OH is 1. The number of H-pyrrole nitrogens is 1. The standard InChI is InChI=1S/C21H20N2O5S/c1-26-21(25)19(20-22-14-5-2-3-6-15(14)23-20)16(24)12-29-13-7-8-17-18(11-13)28-10-4-9-27-17/h2-3,5-8,11,24H,4,9-10,12H2,1H3,(H,22,23)/b19-16-. The van der Waals surface area contributed by atoms with Crippen molar-refractivity contribution < 1.29 is 24.1 Å². The van der Waals surface area contributed by atoms with Gasteiger partial charge in [0.05, 0.1) is 37.1 Å². The minimum absolute atomic E-state index is 0.0190. The van der Waals surface area contributed by atoms with Crippen LogP contribution in [0.3, 0.4) is 0 Å². The Balaban J connectivity index is 1.59. The van der Waals surface area contributed by atoms with Gasteiger partial charge in [0.2, 0.25) is 0 Å². The van der Waals surface area contributed by atoms with Gasteiger partial charge in [0, 0.05) is 11.3 Å². The van der Waals surface area contributed by atoms with Crippen LogP contribution in [0.15, 0.2) is 53.1 Å². The van der Waals surface area contributed by atoms with Gasteiger partial charge in [-0.15, -0.1) is 11.8 Å². The van der Waals surface area contributed by atoms with Crippen LogP contribution >= 0.6 is 11.8 Å². The van der Waals surface area contributed by atoms with Crippen molar-refractivity contribution in [3.8, 4) is 11.5 Å². The van der Waals surface area contributed by atoms with E-state index in [2.05, 4.69) is 9.97 Å². The Labute approximate surface area is 171 Å². The molecule has 0 spiro atoms. The summed E-state index contributed by atoms with van der Waals surface area (Å²) < 4.78 is 16.2. The number of nitrogens with zero attached hydrogens (tertiary/aromatic N) is 1. The first-order valence-electron chi connectivity index (χ1n) is 9.13. The summed E-state index contributed by atoms with van der Waals surface area (Å²) in [5.41, 5.74) is 1.49. The lowest BCUT2D eigenvalue weighted by atomic mass is 10.2. The molecule has 0 saturated heterocycles. The number of esters is 1. The van der Waals surface area contributed by atoms with Crippen LogP contribution < -0.4 is 9.47 Å². The van der Waals surface area contributed by atoms with Crippen LogP contribution in [0.4, 0.5) is 0 Å². The van der Waals surface area contributed by atoms with Gasteiger partial charge in [0.15, 0.2) is 11.5 Å². The number of aliphatic hydroxyl groups is 1. The Morgan fingerprint density at radius 2 is 2.00 bits per heavy atom. The monoisotopic (exact) mass is 412 g/mol. The number of hydrogen-bond acceptors (Lipinski definition) is 7. The molecule has 0 unspecified atom stereocenters. The number of ether oxygens (including phenoxy) is 3. The summed E-state index contributed by atoms with van der Waals surface area (Å²) >= 11 is 1.37. The number of imidazole rings is 1. The number of thioether (sulfide) groups is 1. The molecule has 1 aliphatic heterocycles. The summed E-state index contributed by atoms with van der Waals surface area (Å²) in [6.07, 6.45) is 0.834. The highest BCUT2D eigenvalue weighted by Gasteiger charge is 2.22. The van der Waals surface area contributed by atoms with E-state index in [-0.39, 0.29) is 22.9 Å². The zero-order chi connectivity index (χ0) is 20.2. The van der Waals surface area contributed by atoms with Crippen LogP contribution in [-0.2, 0) is 9.53 Å². The zero-order valence-corrected chi connectivity index (χ0v) is 16.6. The second-order valence-electron chi connectivity index (χ2n) is 6.36. The van der Waals surface area contributed by atoms with E-state index in [0.29, 0.717) is 30.2 Å². The molecule has 29 heavy (non-hydrogen) atoms. The van der Waals surface area contributed by atoms with Crippen molar-refractivity contribution in [1.29, 1.82) is 0 Å². The molecule has 7 nitrogen and oxygen atoms in total. The maximum atomic E-state index is 12.3. The highest BCUT2D eigenvalue weighted by atomic mass is 32.2. The summed E-state index contributed by atoms with van der Waals surface area (Å²) in [7, 11) is 1.27. The van der Waals surface area contributed by atoms with Gasteiger partial charge in [-0.05, 0) is 30.3 Å². The Kier molecular flexibility index (Phi) is 5.62. The van der Waals surface area contributed by atoms with Gasteiger partial charge >= 0.3 is 5.97 Å². The van der Waals surface area contributed by atoms with Gasteiger partial charge in [0.1, 0.15) is 17.2 Å². The van der Waals surface area contributed by atoms with E-state index < -0.39 is 5.97 Å². The Morgan fingerprint density at radius 3 is 2.79 bits per heavy atom. The fraction of sp³-hybridized carbons (Fsp3) is 0.238. The molecule has 0 aliphatic carbocycles. The lowest BCUT2D eigenvalue weighted by molar-refractivity contribution is -0.133. The third kappa shape index (κ3) is 4.17. The molecule has 0 fully saturated rings. The van der Waals surface area contributed by atoms with Gasteiger partial charge < -0.3 is 24.3 Å². The highest BCUT2D eigenvalue weighted by molar-refractivity contribution is 7.99. The number of aromatic amines is 1. The molecule has 4 rings (SSSR count). The van der Waals surface area contributed by atoms with Crippen molar-refractivity contribution in [1.82, 2.24) is 9.97 Å². The SMILES string of the molecule is COC(=O)/C(=C(\O)CSc1ccc2c(c1)OCCCO2)c1nc2ccccc2[nH]1. The fourth-order valence-electron chi connectivity index (χ4n) is 2.98. The van der Waals surface area contributed by atoms with Gasteiger partial charge in [-0.1, -0.05) is 12.1 Å². The largest absolute Gasteiger partial charge is 0.510 e. The topological polar surface area (TPSA) is 93.7 Å². The Morgan fingerprint density at radius 1 is 1.21 bits per heavy atom. The molecular formula is C21H20N2O5S. The quantitative estimate of drug-likeness (QED) is 0.284. The molecule has 2 aromatic carbocycles. The van der Waals surface area contributed by atoms with Gasteiger partial charge in [0.25, 0.3) is 0 Å². The number of carbonyl (C=O) groups is 1. The van der Waals surface area contributed by atoms with Crippen LogP contribution in [0.25, 0.3) is 16.6 Å². The molecule has 8 heteroatoms. The number of para-hydroxylation sites is 2. The summed E-state index contributed by atoms with van der Waals surface area (Å²) in [5, 5.41) is 10.7. The maximum absolute atomic E-state index is 12.3. The van der Waals surface area contributed by atoms with E-state index in [1.807, 2.05) is 42.5 Å². The van der Waals surface area contributed by atoms with E-state index in [1.165, 1.54) is 18.9 Å². The van der Waals surface area contributed by atoms with E-state index >= 15 is 0 Å². The molecule has 1 aliphatic rings. The highest BCUT2D eigenvalue weighted by Crippen LogP contribution is 2.35. The summed E-state index contributed by atoms with van der Waals surface area (Å²) in [4.78, 5) is 20.7. The van der Waals surface area contributed by atoms with Crippen molar-refractivity contribution >= 4 is 34.3 Å². The third-order valence-corrected chi connectivity index (χ3v) is 5.40. The number of benzene rings is 2. The molecule has 0 saturated carbocycles. The van der Waals surface area contributed by atoms with E-state index in [0.717, 1.165) is 16.8 Å². The van der Waals surface area contributed by atoms with Crippen LogP contribution in [0.2, 0.25) is 0 Å². The number of hydrogen-bond donors (Lipinski definition) is 2. The van der Waals surface area contributed by atoms with Crippen LogP contribution in [0, 0.1) is 0 Å². The molecule has 1 aromatic heterocycles. The second kappa shape index (κ2) is 8.48. The maximum Gasteiger partial charge on any atom is 0.345 e. The number of aromatic nitrogens is 2. The van der Waals surface area contributed by atoms with Crippen molar-refractivity contribution in [3.63, 3.8) is 0 Å². The average Bonchev–Trinajstić information content (AvgIpc) is 3.01. The van der Waals surface area contributed by atoms with Crippen LogP contribution in [0.1, 0.15) is 12.2 Å². The fourth-order valence-corrected chi connectivity index (χ4v) is 3.78. The van der Waals surface area contributed by atoms with Crippen molar-refractivity contribution in [2.75, 3.05) is 26.1 Å². The van der Waals surface area contributed by atoms with Gasteiger partial charge in [-0.25, -0.2) is 9.78 Å². The van der Waals surface area contributed by atoms with Gasteiger partial charge in [-0.3, -0.25) is 0 Å². The number of methoxy groups -OCH3 is 1. The molecule has 0 amide bonds. The normalized spacial score (nSPS) is 14.2. The second-order valence-corrected chi connectivity index (χ2v) is 7.41. The Hall–Kier alpha value is -3.13. The number of rotatable bonds is 5. The van der Waals surface area contributed by atoms with E-state index in [1.54, 1.807) is 0 Å². The molecule has 0 radical (unpaired) electrons. The summed E-state index contributed by atoms with van der Waals surface area (Å²) in [6.45, 7) is 1.23. The molecule has 3 aromatic rings. The lowest BCUT2D eigenvalue weighted by Gasteiger charge is -2.10. The molecule has 150 valence electrons. The first kappa shape index (κ1) is 19.2. The number of nitrogens with one attached hydrogen (secondary N) is 1. The molecule has 0 atom stereocenters. The minimum Gasteiger partial charge on any atom is -0.510 e. The average molecular weight is 412 g/mol. The number of carbonyl (C=O) groups excluding carboxylic acids is 1. The van der Waals surface area contributed by atoms with Gasteiger partial charge in [-0.2, -0.15) is 0 Å². The first-order chi connectivity index (χ1) is 14.2. The zero-order valence-electron chi connectivity index (χ0n) is 15.8. The van der Waals surface area contributed by atoms with Crippen molar-refractivity contribution in [2.24, 2.45) is 0 Å². The smallest absolute Gasteiger partial charge is 0.345 e. The van der Waals surface area contributed by atoms with E-state index in [4.69, 9.17) is 14.2 Å². The third-order valence-electron chi connectivity index (χ3n) is 4.40. The predicted molar refractivity (Wildman–Crippen MR) is 110 cm³/mol. The van der Waals surface area contributed by atoms with Crippen LogP contribution in [0.5, 0.6) is 11.5 Å². The lowest BCUT2D eigenvalue weighted by Crippen LogP contribution is -2.09. The summed E-state index contributed by atoms with van der Waals surface area (Å²) in [5.74, 6) is 1.07.